The Labute approximate surface area is 309 Å². The topological polar surface area (TPSA) is 125 Å². The molecule has 5 unspecified atom stereocenters. The zero-order valence-electron chi connectivity index (χ0n) is 28.8. The number of thioether (sulfide) groups is 1. The lowest BCUT2D eigenvalue weighted by molar-refractivity contribution is -0.268. The van der Waals surface area contributed by atoms with Crippen molar-refractivity contribution in [2.45, 2.75) is 68.5 Å². The maximum Gasteiger partial charge on any atom is 0.471 e. The van der Waals surface area contributed by atoms with Crippen LogP contribution in [0.3, 0.4) is 0 Å². The summed E-state index contributed by atoms with van der Waals surface area (Å²) >= 11 is 1.57. The van der Waals surface area contributed by atoms with Gasteiger partial charge in [0.25, 0.3) is 0 Å². The number of halogens is 3. The minimum Gasteiger partial charge on any atom is -0.478 e. The minimum atomic E-state index is -5.03. The van der Waals surface area contributed by atoms with Crippen LogP contribution in [0, 0.1) is 5.92 Å². The molecule has 2 heterocycles. The first-order valence-corrected chi connectivity index (χ1v) is 18.2. The highest BCUT2D eigenvalue weighted by Crippen LogP contribution is 2.43. The molecular weight excluding hydrogens is 710 g/mol. The van der Waals surface area contributed by atoms with Gasteiger partial charge in [-0.25, -0.2) is 4.79 Å². The molecule has 0 aromatic heterocycles. The molecule has 2 aliphatic rings. The van der Waals surface area contributed by atoms with Crippen molar-refractivity contribution in [3.05, 3.63) is 125 Å². The molecule has 4 aromatic rings. The number of likely N-dealkylation sites (tertiary alicyclic amines) is 1. The van der Waals surface area contributed by atoms with Gasteiger partial charge in [0.05, 0.1) is 24.4 Å². The standard InChI is InChI=1S/C40H39F3N2O7S/c1-24-34(23-53-32-17-15-29(16-18-32)37(48)49)51-38(52-35(24)28-9-7-25(22-46)8-10-28)30-13-11-27(12-14-30)31-5-2-4-26(20-31)21-44-36(47)33-6-3-19-45(33)39(50)40(41,42)43/h2,4-5,7-18,20,24,33-35,38,46H,3,6,19,21-23H2,1H3,(H,44,47)(H,48,49). The Morgan fingerprint density at radius 3 is 2.25 bits per heavy atom. The van der Waals surface area contributed by atoms with E-state index in [1.807, 2.05) is 72.8 Å². The number of carboxylic acid groups (broad SMARTS) is 1. The average molecular weight is 749 g/mol. The van der Waals surface area contributed by atoms with E-state index < -0.39 is 36.3 Å². The number of carbonyl (C=O) groups is 3. The summed E-state index contributed by atoms with van der Waals surface area (Å²) < 4.78 is 52.2. The number of benzene rings is 4. The lowest BCUT2D eigenvalue weighted by atomic mass is 9.91. The number of ether oxygens (including phenoxy) is 2. The fourth-order valence-electron chi connectivity index (χ4n) is 6.63. The molecule has 2 aliphatic heterocycles. The number of amides is 2. The predicted octanol–water partition coefficient (Wildman–Crippen LogP) is 7.30. The summed E-state index contributed by atoms with van der Waals surface area (Å²) in [6.07, 6.45) is -5.76. The van der Waals surface area contributed by atoms with Crippen LogP contribution in [0.25, 0.3) is 11.1 Å². The highest BCUT2D eigenvalue weighted by molar-refractivity contribution is 7.99. The summed E-state index contributed by atoms with van der Waals surface area (Å²) in [5.41, 5.74) is 5.26. The monoisotopic (exact) mass is 748 g/mol. The number of alkyl halides is 3. The van der Waals surface area contributed by atoms with Crippen LogP contribution < -0.4 is 5.32 Å². The molecule has 53 heavy (non-hydrogen) atoms. The van der Waals surface area contributed by atoms with Gasteiger partial charge >= 0.3 is 18.1 Å². The van der Waals surface area contributed by atoms with Gasteiger partial charge in [-0.1, -0.05) is 73.7 Å². The van der Waals surface area contributed by atoms with Crippen LogP contribution in [-0.4, -0.2) is 63.5 Å². The maximum atomic E-state index is 13.0. The summed E-state index contributed by atoms with van der Waals surface area (Å²) in [6.45, 7) is 1.98. The Morgan fingerprint density at radius 2 is 1.58 bits per heavy atom. The van der Waals surface area contributed by atoms with E-state index in [-0.39, 0.29) is 49.8 Å². The second-order valence-corrected chi connectivity index (χ2v) is 14.3. The van der Waals surface area contributed by atoms with Gasteiger partial charge in [-0.3, -0.25) is 9.59 Å². The molecule has 0 radical (unpaired) electrons. The molecule has 2 saturated heterocycles. The Hall–Kier alpha value is -4.69. The smallest absolute Gasteiger partial charge is 0.471 e. The molecular formula is C40H39F3N2O7S. The van der Waals surface area contributed by atoms with E-state index in [9.17, 15) is 37.8 Å². The van der Waals surface area contributed by atoms with Crippen molar-refractivity contribution in [3.63, 3.8) is 0 Å². The summed E-state index contributed by atoms with van der Waals surface area (Å²) in [5.74, 6) is -3.04. The quantitative estimate of drug-likeness (QED) is 0.137. The number of carboxylic acids is 1. The highest BCUT2D eigenvalue weighted by atomic mass is 32.2. The number of carbonyl (C=O) groups excluding carboxylic acids is 2. The molecule has 0 saturated carbocycles. The van der Waals surface area contributed by atoms with Gasteiger partial charge in [-0.15, -0.1) is 11.8 Å². The molecule has 3 N–H and O–H groups in total. The van der Waals surface area contributed by atoms with Gasteiger partial charge in [-0.2, -0.15) is 13.2 Å². The number of aliphatic hydroxyl groups is 1. The SMILES string of the molecule is CC1C(CSc2ccc(C(=O)O)cc2)OC(c2ccc(-c3cccc(CNC(=O)C4CCCN4C(=O)C(F)(F)F)c3)cc2)OC1c1ccc(CO)cc1. The zero-order chi connectivity index (χ0) is 37.7. The van der Waals surface area contributed by atoms with Gasteiger partial charge in [0.2, 0.25) is 5.91 Å². The van der Waals surface area contributed by atoms with E-state index in [0.29, 0.717) is 17.1 Å². The molecule has 5 atom stereocenters. The second-order valence-electron chi connectivity index (χ2n) is 13.2. The maximum absolute atomic E-state index is 13.0. The average Bonchev–Trinajstić information content (AvgIpc) is 3.66. The van der Waals surface area contributed by atoms with E-state index in [1.54, 1.807) is 36.0 Å². The molecule has 0 bridgehead atoms. The number of rotatable bonds is 11. The summed E-state index contributed by atoms with van der Waals surface area (Å²) in [7, 11) is 0. The van der Waals surface area contributed by atoms with Crippen LogP contribution in [0.2, 0.25) is 0 Å². The Kier molecular flexibility index (Phi) is 11.9. The van der Waals surface area contributed by atoms with Gasteiger partial charge in [0, 0.05) is 35.2 Å². The molecule has 2 fully saturated rings. The van der Waals surface area contributed by atoms with Crippen LogP contribution in [0.4, 0.5) is 13.2 Å². The highest BCUT2D eigenvalue weighted by Gasteiger charge is 2.47. The van der Waals surface area contributed by atoms with Gasteiger partial charge in [0.15, 0.2) is 6.29 Å². The van der Waals surface area contributed by atoms with Crippen LogP contribution >= 0.6 is 11.8 Å². The number of aromatic carboxylic acids is 1. The number of nitrogens with zero attached hydrogens (tertiary/aromatic N) is 1. The largest absolute Gasteiger partial charge is 0.478 e. The van der Waals surface area contributed by atoms with Crippen LogP contribution in [0.15, 0.2) is 102 Å². The number of hydrogen-bond acceptors (Lipinski definition) is 7. The third kappa shape index (κ3) is 9.10. The first-order valence-electron chi connectivity index (χ1n) is 17.2. The van der Waals surface area contributed by atoms with Crippen molar-refractivity contribution in [1.29, 1.82) is 0 Å². The van der Waals surface area contributed by atoms with Crippen molar-refractivity contribution in [2.24, 2.45) is 5.92 Å². The van der Waals surface area contributed by atoms with E-state index in [4.69, 9.17) is 9.47 Å². The lowest BCUT2D eigenvalue weighted by Crippen LogP contribution is -2.50. The third-order valence-electron chi connectivity index (χ3n) is 9.61. The Bertz CT molecular complexity index is 1910. The van der Waals surface area contributed by atoms with Crippen molar-refractivity contribution in [2.75, 3.05) is 12.3 Å². The number of aliphatic hydroxyl groups excluding tert-OH is 1. The molecule has 0 spiro atoms. The van der Waals surface area contributed by atoms with Gasteiger partial charge in [-0.05, 0) is 71.0 Å². The normalized spacial score (nSPS) is 21.7. The van der Waals surface area contributed by atoms with Crippen molar-refractivity contribution >= 4 is 29.5 Å². The van der Waals surface area contributed by atoms with Crippen LogP contribution in [0.5, 0.6) is 0 Å². The van der Waals surface area contributed by atoms with E-state index in [0.717, 1.165) is 38.3 Å². The van der Waals surface area contributed by atoms with Crippen molar-refractivity contribution < 1.29 is 47.2 Å². The first kappa shape index (κ1) is 38.0. The third-order valence-corrected chi connectivity index (χ3v) is 10.7. The zero-order valence-corrected chi connectivity index (χ0v) is 29.6. The molecule has 278 valence electrons. The fraction of sp³-hybridized carbons (Fsp3) is 0.325. The molecule has 4 aromatic carbocycles. The van der Waals surface area contributed by atoms with E-state index in [2.05, 4.69) is 12.2 Å². The molecule has 9 nitrogen and oxygen atoms in total. The summed E-state index contributed by atoms with van der Waals surface area (Å²) in [4.78, 5) is 37.4. The van der Waals surface area contributed by atoms with Crippen molar-refractivity contribution in [3.8, 4) is 11.1 Å². The number of hydrogen-bond donors (Lipinski definition) is 3. The van der Waals surface area contributed by atoms with Crippen LogP contribution in [0.1, 0.15) is 64.8 Å². The lowest BCUT2D eigenvalue weighted by Gasteiger charge is -2.41. The summed E-state index contributed by atoms with van der Waals surface area (Å²) in [5, 5.41) is 21.5. The fourth-order valence-corrected chi connectivity index (χ4v) is 7.70. The van der Waals surface area contributed by atoms with Crippen LogP contribution in [-0.2, 0) is 32.2 Å². The first-order chi connectivity index (χ1) is 25.4. The molecule has 6 rings (SSSR count). The number of nitrogens with one attached hydrogen (secondary N) is 1. The van der Waals surface area contributed by atoms with E-state index in [1.165, 1.54) is 0 Å². The van der Waals surface area contributed by atoms with E-state index >= 15 is 0 Å². The molecule has 0 aliphatic carbocycles. The second kappa shape index (κ2) is 16.5. The predicted molar refractivity (Wildman–Crippen MR) is 192 cm³/mol. The van der Waals surface area contributed by atoms with Gasteiger partial charge in [0.1, 0.15) is 6.04 Å². The Morgan fingerprint density at radius 1 is 0.887 bits per heavy atom. The van der Waals surface area contributed by atoms with Crippen molar-refractivity contribution in [1.82, 2.24) is 10.2 Å². The van der Waals surface area contributed by atoms with Gasteiger partial charge < -0.3 is 29.9 Å². The molecule has 13 heteroatoms. The summed E-state index contributed by atoms with van der Waals surface area (Å²) in [6, 6.07) is 28.4. The Balaban J connectivity index is 1.14. The molecule has 2 amide bonds. The minimum absolute atomic E-state index is 0.0404.